The number of anilines is 1. The fraction of sp³-hybridized carbons (Fsp3) is 0.222. The largest absolute Gasteiger partial charge is 0.325 e. The number of nitrogens with one attached hydrogen (secondary N) is 1. The SMILES string of the molecule is CC(C(=O)Nc1ccc(C#N)cc1)N(C)Cc1ccc(Cl)cc1. The van der Waals surface area contributed by atoms with Gasteiger partial charge in [0.1, 0.15) is 0 Å². The van der Waals surface area contributed by atoms with Crippen molar-refractivity contribution in [3.63, 3.8) is 0 Å². The number of nitrogens with zero attached hydrogens (tertiary/aromatic N) is 2. The number of halogens is 1. The molecule has 1 unspecified atom stereocenters. The van der Waals surface area contributed by atoms with Gasteiger partial charge >= 0.3 is 0 Å². The molecule has 1 amide bonds. The van der Waals surface area contributed by atoms with E-state index in [1.165, 1.54) is 0 Å². The van der Waals surface area contributed by atoms with Crippen LogP contribution in [0.1, 0.15) is 18.1 Å². The molecule has 2 aromatic carbocycles. The lowest BCUT2D eigenvalue weighted by atomic mass is 10.1. The number of likely N-dealkylation sites (N-methyl/N-ethyl adjacent to an activating group) is 1. The first-order valence-corrected chi connectivity index (χ1v) is 7.63. The fourth-order valence-electron chi connectivity index (χ4n) is 2.09. The summed E-state index contributed by atoms with van der Waals surface area (Å²) in [5.74, 6) is -0.0915. The summed E-state index contributed by atoms with van der Waals surface area (Å²) in [6.45, 7) is 2.51. The lowest BCUT2D eigenvalue weighted by molar-refractivity contribution is -0.120. The van der Waals surface area contributed by atoms with E-state index < -0.39 is 0 Å². The van der Waals surface area contributed by atoms with Gasteiger partial charge in [0, 0.05) is 17.3 Å². The molecule has 0 saturated heterocycles. The van der Waals surface area contributed by atoms with Crippen LogP contribution < -0.4 is 5.32 Å². The zero-order valence-corrected chi connectivity index (χ0v) is 13.8. The summed E-state index contributed by atoms with van der Waals surface area (Å²) in [5.41, 5.74) is 2.34. The van der Waals surface area contributed by atoms with Gasteiger partial charge in [-0.3, -0.25) is 9.69 Å². The molecule has 0 fully saturated rings. The second-order valence-electron chi connectivity index (χ2n) is 5.40. The van der Waals surface area contributed by atoms with E-state index >= 15 is 0 Å². The minimum absolute atomic E-state index is 0.0915. The predicted molar refractivity (Wildman–Crippen MR) is 92.2 cm³/mol. The molecule has 0 aromatic heterocycles. The summed E-state index contributed by atoms with van der Waals surface area (Å²) in [7, 11) is 1.90. The average molecular weight is 328 g/mol. The number of benzene rings is 2. The Morgan fingerprint density at radius 3 is 2.39 bits per heavy atom. The topological polar surface area (TPSA) is 56.1 Å². The lowest BCUT2D eigenvalue weighted by Crippen LogP contribution is -2.39. The third kappa shape index (κ3) is 4.82. The molecular weight excluding hydrogens is 310 g/mol. The van der Waals surface area contributed by atoms with Crippen molar-refractivity contribution in [3.8, 4) is 6.07 Å². The Bertz CT molecular complexity index is 705. The monoisotopic (exact) mass is 327 g/mol. The van der Waals surface area contributed by atoms with Crippen molar-refractivity contribution >= 4 is 23.2 Å². The third-order valence-electron chi connectivity index (χ3n) is 3.67. The molecule has 4 nitrogen and oxygen atoms in total. The molecule has 5 heteroatoms. The molecule has 0 aliphatic carbocycles. The molecule has 0 radical (unpaired) electrons. The van der Waals surface area contributed by atoms with Gasteiger partial charge in [-0.25, -0.2) is 0 Å². The summed E-state index contributed by atoms with van der Waals surface area (Å²) in [5, 5.41) is 12.3. The first-order chi connectivity index (χ1) is 11.0. The number of carbonyl (C=O) groups is 1. The second-order valence-corrected chi connectivity index (χ2v) is 5.83. The van der Waals surface area contributed by atoms with Gasteiger partial charge in [0.05, 0.1) is 17.7 Å². The van der Waals surface area contributed by atoms with Gasteiger partial charge < -0.3 is 5.32 Å². The van der Waals surface area contributed by atoms with Gasteiger partial charge in [-0.05, 0) is 55.9 Å². The van der Waals surface area contributed by atoms with E-state index in [4.69, 9.17) is 16.9 Å². The van der Waals surface area contributed by atoms with E-state index in [9.17, 15) is 4.79 Å². The molecule has 0 heterocycles. The molecule has 0 saturated carbocycles. The van der Waals surface area contributed by atoms with E-state index in [1.54, 1.807) is 24.3 Å². The minimum atomic E-state index is -0.290. The molecule has 118 valence electrons. The average Bonchev–Trinajstić information content (AvgIpc) is 2.56. The molecular formula is C18H18ClN3O. The van der Waals surface area contributed by atoms with Crippen LogP contribution in [-0.2, 0) is 11.3 Å². The number of nitriles is 1. The first kappa shape index (κ1) is 17.0. The van der Waals surface area contributed by atoms with Crippen LogP contribution in [0.2, 0.25) is 5.02 Å². The molecule has 1 atom stereocenters. The standard InChI is InChI=1S/C18H18ClN3O/c1-13(22(2)12-15-3-7-16(19)8-4-15)18(23)21-17-9-5-14(11-20)6-10-17/h3-10,13H,12H2,1-2H3,(H,21,23). The molecule has 2 rings (SSSR count). The van der Waals surface area contributed by atoms with Crippen LogP contribution in [0.4, 0.5) is 5.69 Å². The Hall–Kier alpha value is -2.35. The Morgan fingerprint density at radius 1 is 1.22 bits per heavy atom. The van der Waals surface area contributed by atoms with E-state index in [0.29, 0.717) is 22.8 Å². The second kappa shape index (κ2) is 7.77. The maximum absolute atomic E-state index is 12.3. The molecule has 2 aromatic rings. The van der Waals surface area contributed by atoms with E-state index in [1.807, 2.05) is 49.2 Å². The Kier molecular flexibility index (Phi) is 5.75. The minimum Gasteiger partial charge on any atom is -0.325 e. The summed E-state index contributed by atoms with van der Waals surface area (Å²) < 4.78 is 0. The number of rotatable bonds is 5. The van der Waals surface area contributed by atoms with Crippen LogP contribution in [0.25, 0.3) is 0 Å². The summed E-state index contributed by atoms with van der Waals surface area (Å²) in [4.78, 5) is 14.3. The van der Waals surface area contributed by atoms with Crippen molar-refractivity contribution in [2.75, 3.05) is 12.4 Å². The third-order valence-corrected chi connectivity index (χ3v) is 3.92. The molecule has 0 bridgehead atoms. The summed E-state index contributed by atoms with van der Waals surface area (Å²) in [6, 6.07) is 16.1. The van der Waals surface area contributed by atoms with Gasteiger partial charge in [-0.2, -0.15) is 5.26 Å². The summed E-state index contributed by atoms with van der Waals surface area (Å²) in [6.07, 6.45) is 0. The molecule has 1 N–H and O–H groups in total. The van der Waals surface area contributed by atoms with Crippen LogP contribution in [0.3, 0.4) is 0 Å². The number of hydrogen-bond acceptors (Lipinski definition) is 3. The fourth-order valence-corrected chi connectivity index (χ4v) is 2.22. The number of hydrogen-bond donors (Lipinski definition) is 1. The van der Waals surface area contributed by atoms with Crippen LogP contribution >= 0.6 is 11.6 Å². The number of amides is 1. The van der Waals surface area contributed by atoms with Gasteiger partial charge in [-0.15, -0.1) is 0 Å². The highest BCUT2D eigenvalue weighted by molar-refractivity contribution is 6.30. The van der Waals surface area contributed by atoms with Crippen LogP contribution in [-0.4, -0.2) is 23.9 Å². The highest BCUT2D eigenvalue weighted by Gasteiger charge is 2.18. The Labute approximate surface area is 141 Å². The zero-order valence-electron chi connectivity index (χ0n) is 13.1. The maximum atomic E-state index is 12.3. The Balaban J connectivity index is 1.95. The maximum Gasteiger partial charge on any atom is 0.241 e. The molecule has 23 heavy (non-hydrogen) atoms. The summed E-state index contributed by atoms with van der Waals surface area (Å²) >= 11 is 5.88. The van der Waals surface area contributed by atoms with Crippen molar-refractivity contribution in [1.29, 1.82) is 5.26 Å². The van der Waals surface area contributed by atoms with Gasteiger partial charge in [-0.1, -0.05) is 23.7 Å². The molecule has 0 aliphatic heterocycles. The van der Waals surface area contributed by atoms with E-state index in [2.05, 4.69) is 5.32 Å². The van der Waals surface area contributed by atoms with E-state index in [0.717, 1.165) is 5.56 Å². The highest BCUT2D eigenvalue weighted by atomic mass is 35.5. The predicted octanol–water partition coefficient (Wildman–Crippen LogP) is 3.67. The van der Waals surface area contributed by atoms with Crippen molar-refractivity contribution in [3.05, 3.63) is 64.7 Å². The van der Waals surface area contributed by atoms with Crippen LogP contribution in [0, 0.1) is 11.3 Å². The van der Waals surface area contributed by atoms with Crippen molar-refractivity contribution in [2.45, 2.75) is 19.5 Å². The van der Waals surface area contributed by atoms with Crippen molar-refractivity contribution < 1.29 is 4.79 Å². The highest BCUT2D eigenvalue weighted by Crippen LogP contribution is 2.14. The van der Waals surface area contributed by atoms with Gasteiger partial charge in [0.15, 0.2) is 0 Å². The zero-order chi connectivity index (χ0) is 16.8. The van der Waals surface area contributed by atoms with Gasteiger partial charge in [0.2, 0.25) is 5.91 Å². The molecule has 0 spiro atoms. The quantitative estimate of drug-likeness (QED) is 0.911. The lowest BCUT2D eigenvalue weighted by Gasteiger charge is -2.24. The van der Waals surface area contributed by atoms with E-state index in [-0.39, 0.29) is 11.9 Å². The normalized spacial score (nSPS) is 11.8. The van der Waals surface area contributed by atoms with Crippen LogP contribution in [0.15, 0.2) is 48.5 Å². The molecule has 0 aliphatic rings. The van der Waals surface area contributed by atoms with Gasteiger partial charge in [0.25, 0.3) is 0 Å². The number of carbonyl (C=O) groups excluding carboxylic acids is 1. The van der Waals surface area contributed by atoms with Crippen molar-refractivity contribution in [2.24, 2.45) is 0 Å². The van der Waals surface area contributed by atoms with Crippen molar-refractivity contribution in [1.82, 2.24) is 4.90 Å². The Morgan fingerprint density at radius 2 is 1.83 bits per heavy atom. The smallest absolute Gasteiger partial charge is 0.241 e. The first-order valence-electron chi connectivity index (χ1n) is 7.25. The van der Waals surface area contributed by atoms with Crippen LogP contribution in [0.5, 0.6) is 0 Å².